The molecular weight excluding hydrogens is 483 g/mol. The molecule has 0 aliphatic rings. The van der Waals surface area contributed by atoms with Crippen molar-refractivity contribution in [2.75, 3.05) is 26.3 Å². The number of ether oxygens (including phenoxy) is 1. The monoisotopic (exact) mass is 516 g/mol. The van der Waals surface area contributed by atoms with Crippen LogP contribution in [0, 0.1) is 6.92 Å². The first-order chi connectivity index (χ1) is 13.6. The number of hydrogen-bond donors (Lipinski definition) is 3. The van der Waals surface area contributed by atoms with Gasteiger partial charge >= 0.3 is 0 Å². The summed E-state index contributed by atoms with van der Waals surface area (Å²) in [6, 6.07) is 9.67. The molecule has 8 nitrogen and oxygen atoms in total. The van der Waals surface area contributed by atoms with Gasteiger partial charge in [0, 0.05) is 33.4 Å². The first kappa shape index (κ1) is 25.3. The molecule has 0 fully saturated rings. The number of aliphatic hydroxyl groups is 1. The van der Waals surface area contributed by atoms with Crippen LogP contribution in [-0.2, 0) is 18.3 Å². The highest BCUT2D eigenvalue weighted by Crippen LogP contribution is 2.14. The number of aliphatic hydroxyl groups excluding tert-OH is 1. The van der Waals surface area contributed by atoms with E-state index in [-0.39, 0.29) is 24.0 Å². The Balaban J connectivity index is 0.00000420. The molecule has 2 aromatic rings. The Kier molecular flexibility index (Phi) is 12.5. The van der Waals surface area contributed by atoms with Gasteiger partial charge in [0.15, 0.2) is 11.8 Å². The molecule has 1 aromatic heterocycles. The van der Waals surface area contributed by atoms with Gasteiger partial charge in [0.2, 0.25) is 0 Å². The fourth-order valence-corrected chi connectivity index (χ4v) is 2.61. The number of nitrogens with one attached hydrogen (secondary N) is 2. The minimum absolute atomic E-state index is 0. The van der Waals surface area contributed by atoms with Crippen molar-refractivity contribution in [3.63, 3.8) is 0 Å². The molecule has 1 heterocycles. The molecule has 0 saturated carbocycles. The number of benzene rings is 1. The van der Waals surface area contributed by atoms with Gasteiger partial charge in [-0.15, -0.1) is 34.2 Å². The van der Waals surface area contributed by atoms with E-state index in [9.17, 15) is 5.11 Å². The van der Waals surface area contributed by atoms with E-state index in [1.54, 1.807) is 0 Å². The molecule has 0 saturated heterocycles. The molecule has 0 amide bonds. The zero-order valence-corrected chi connectivity index (χ0v) is 19.8. The summed E-state index contributed by atoms with van der Waals surface area (Å²) in [7, 11) is 1.93. The molecule has 0 aliphatic carbocycles. The lowest BCUT2D eigenvalue weighted by atomic mass is 10.1. The van der Waals surface area contributed by atoms with E-state index >= 15 is 0 Å². The van der Waals surface area contributed by atoms with Crippen LogP contribution >= 0.6 is 24.0 Å². The number of rotatable bonds is 11. The summed E-state index contributed by atoms with van der Waals surface area (Å²) in [5.41, 5.74) is 0.919. The Morgan fingerprint density at radius 3 is 2.59 bits per heavy atom. The lowest BCUT2D eigenvalue weighted by Crippen LogP contribution is -2.39. The molecule has 1 atom stereocenters. The van der Waals surface area contributed by atoms with Gasteiger partial charge in [-0.25, -0.2) is 4.99 Å². The molecule has 0 bridgehead atoms. The second-order valence-corrected chi connectivity index (χ2v) is 6.51. The van der Waals surface area contributed by atoms with Crippen molar-refractivity contribution in [3.8, 4) is 0 Å². The van der Waals surface area contributed by atoms with Crippen LogP contribution in [0.2, 0.25) is 0 Å². The van der Waals surface area contributed by atoms with E-state index in [4.69, 9.17) is 4.74 Å². The molecule has 1 aromatic carbocycles. The standard InChI is InChI=1S/C20H32N6O2.HI/c1-4-28-14-8-12-21-20(23-15-19-25-24-16(2)26(19)3)22-13-11-18(27)17-9-6-5-7-10-17;/h5-7,9-10,18,27H,4,8,11-15H2,1-3H3,(H2,21,22,23);1H. The van der Waals surface area contributed by atoms with E-state index in [0.717, 1.165) is 36.8 Å². The molecule has 2 rings (SSSR count). The van der Waals surface area contributed by atoms with Gasteiger partial charge in [0.05, 0.1) is 6.10 Å². The number of halogens is 1. The Labute approximate surface area is 190 Å². The van der Waals surface area contributed by atoms with Crippen LogP contribution in [-0.4, -0.2) is 52.1 Å². The third kappa shape index (κ3) is 9.09. The normalized spacial score (nSPS) is 12.3. The highest BCUT2D eigenvalue weighted by Gasteiger charge is 2.08. The van der Waals surface area contributed by atoms with Gasteiger partial charge in [-0.05, 0) is 32.3 Å². The fraction of sp³-hybridized carbons (Fsp3) is 0.550. The van der Waals surface area contributed by atoms with Crippen LogP contribution in [0.25, 0.3) is 0 Å². The second kappa shape index (κ2) is 14.3. The third-order valence-electron chi connectivity index (χ3n) is 4.42. The maximum Gasteiger partial charge on any atom is 0.191 e. The lowest BCUT2D eigenvalue weighted by Gasteiger charge is -2.15. The highest BCUT2D eigenvalue weighted by molar-refractivity contribution is 14.0. The average molecular weight is 516 g/mol. The first-order valence-electron chi connectivity index (χ1n) is 9.79. The summed E-state index contributed by atoms with van der Waals surface area (Å²) in [6.07, 6.45) is 0.978. The minimum Gasteiger partial charge on any atom is -0.388 e. The maximum absolute atomic E-state index is 10.3. The summed E-state index contributed by atoms with van der Waals surface area (Å²) < 4.78 is 7.30. The van der Waals surface area contributed by atoms with E-state index in [2.05, 4.69) is 25.8 Å². The van der Waals surface area contributed by atoms with Crippen LogP contribution in [0.4, 0.5) is 0 Å². The predicted octanol–water partition coefficient (Wildman–Crippen LogP) is 2.33. The lowest BCUT2D eigenvalue weighted by molar-refractivity contribution is 0.145. The van der Waals surface area contributed by atoms with Gasteiger partial charge in [-0.1, -0.05) is 30.3 Å². The van der Waals surface area contributed by atoms with E-state index < -0.39 is 6.10 Å². The number of nitrogens with zero attached hydrogens (tertiary/aromatic N) is 4. The van der Waals surface area contributed by atoms with Crippen LogP contribution in [0.3, 0.4) is 0 Å². The topological polar surface area (TPSA) is 96.6 Å². The highest BCUT2D eigenvalue weighted by atomic mass is 127. The Morgan fingerprint density at radius 1 is 1.21 bits per heavy atom. The van der Waals surface area contributed by atoms with E-state index in [1.807, 2.05) is 55.8 Å². The smallest absolute Gasteiger partial charge is 0.191 e. The number of guanidine groups is 1. The summed E-state index contributed by atoms with van der Waals surface area (Å²) in [4.78, 5) is 4.60. The number of aryl methyl sites for hydroxylation is 1. The van der Waals surface area contributed by atoms with Crippen molar-refractivity contribution >= 4 is 29.9 Å². The molecule has 0 spiro atoms. The first-order valence-corrected chi connectivity index (χ1v) is 9.79. The molecule has 0 aliphatic heterocycles. The quantitative estimate of drug-likeness (QED) is 0.184. The van der Waals surface area contributed by atoms with Gasteiger partial charge in [0.25, 0.3) is 0 Å². The van der Waals surface area contributed by atoms with E-state index in [0.29, 0.717) is 32.1 Å². The van der Waals surface area contributed by atoms with Crippen LogP contribution < -0.4 is 10.6 Å². The summed E-state index contributed by atoms with van der Waals surface area (Å²) in [5.74, 6) is 2.35. The SMILES string of the molecule is CCOCCCNC(=NCc1nnc(C)n1C)NCCC(O)c1ccccc1.I. The molecule has 162 valence electrons. The number of hydrogen-bond acceptors (Lipinski definition) is 5. The molecule has 9 heteroatoms. The predicted molar refractivity (Wildman–Crippen MR) is 125 cm³/mol. The van der Waals surface area contributed by atoms with Gasteiger partial charge in [-0.2, -0.15) is 0 Å². The van der Waals surface area contributed by atoms with Crippen molar-refractivity contribution in [1.82, 2.24) is 25.4 Å². The van der Waals surface area contributed by atoms with Gasteiger partial charge < -0.3 is 25.0 Å². The molecule has 3 N–H and O–H groups in total. The zero-order valence-electron chi connectivity index (χ0n) is 17.5. The Morgan fingerprint density at radius 2 is 1.93 bits per heavy atom. The van der Waals surface area contributed by atoms with Crippen LogP contribution in [0.5, 0.6) is 0 Å². The van der Waals surface area contributed by atoms with Crippen molar-refractivity contribution < 1.29 is 9.84 Å². The van der Waals surface area contributed by atoms with Crippen molar-refractivity contribution in [1.29, 1.82) is 0 Å². The molecule has 29 heavy (non-hydrogen) atoms. The third-order valence-corrected chi connectivity index (χ3v) is 4.42. The van der Waals surface area contributed by atoms with Gasteiger partial charge in [0.1, 0.15) is 12.4 Å². The van der Waals surface area contributed by atoms with Gasteiger partial charge in [-0.3, -0.25) is 0 Å². The Bertz CT molecular complexity index is 723. The zero-order chi connectivity index (χ0) is 20.2. The summed E-state index contributed by atoms with van der Waals surface area (Å²) in [5, 5.41) is 25.1. The van der Waals surface area contributed by atoms with Crippen molar-refractivity contribution in [2.24, 2.45) is 12.0 Å². The summed E-state index contributed by atoms with van der Waals surface area (Å²) in [6.45, 7) is 7.13. The Hall–Kier alpha value is -1.72. The minimum atomic E-state index is -0.505. The fourth-order valence-electron chi connectivity index (χ4n) is 2.61. The number of aliphatic imine (C=N–C) groups is 1. The molecule has 1 unspecified atom stereocenters. The average Bonchev–Trinajstić information content (AvgIpc) is 3.04. The van der Waals surface area contributed by atoms with Crippen LogP contribution in [0.15, 0.2) is 35.3 Å². The number of aromatic nitrogens is 3. The van der Waals surface area contributed by atoms with E-state index in [1.165, 1.54) is 0 Å². The van der Waals surface area contributed by atoms with Crippen molar-refractivity contribution in [3.05, 3.63) is 47.5 Å². The van der Waals surface area contributed by atoms with Crippen molar-refractivity contribution in [2.45, 2.75) is 39.3 Å². The molecular formula is C20H33IN6O2. The molecule has 0 radical (unpaired) electrons. The largest absolute Gasteiger partial charge is 0.388 e. The van der Waals surface area contributed by atoms with Crippen LogP contribution in [0.1, 0.15) is 43.1 Å². The maximum atomic E-state index is 10.3. The second-order valence-electron chi connectivity index (χ2n) is 6.51. The summed E-state index contributed by atoms with van der Waals surface area (Å²) >= 11 is 0.